The molecule has 3 nitrogen and oxygen atoms in total. The van der Waals surface area contributed by atoms with Crippen molar-refractivity contribution in [1.29, 1.82) is 0 Å². The van der Waals surface area contributed by atoms with Crippen molar-refractivity contribution < 1.29 is 4.79 Å². The molecule has 0 unspecified atom stereocenters. The number of nitrogens with one attached hydrogen (secondary N) is 1. The predicted molar refractivity (Wildman–Crippen MR) is 62.7 cm³/mol. The molecule has 0 bridgehead atoms. The number of carbonyl (C=O) groups is 1. The minimum atomic E-state index is 0.205. The summed E-state index contributed by atoms with van der Waals surface area (Å²) in [5, 5.41) is 3.28. The summed E-state index contributed by atoms with van der Waals surface area (Å²) in [5.74, 6) is 1.02. The fourth-order valence-electron chi connectivity index (χ4n) is 2.13. The van der Waals surface area contributed by atoms with Crippen molar-refractivity contribution in [3.05, 3.63) is 0 Å². The average molecular weight is 212 g/mol. The van der Waals surface area contributed by atoms with Crippen molar-refractivity contribution in [1.82, 2.24) is 10.2 Å². The van der Waals surface area contributed by atoms with E-state index >= 15 is 0 Å². The average Bonchev–Trinajstić information content (AvgIpc) is 2.63. The predicted octanol–water partition coefficient (Wildman–Crippen LogP) is 1.49. The van der Waals surface area contributed by atoms with E-state index in [0.717, 1.165) is 26.1 Å². The van der Waals surface area contributed by atoms with Gasteiger partial charge in [-0.3, -0.25) is 4.79 Å². The number of hydrogen-bond donors (Lipinski definition) is 1. The Bertz CT molecular complexity index is 206. The van der Waals surface area contributed by atoms with Gasteiger partial charge in [-0.25, -0.2) is 0 Å². The summed E-state index contributed by atoms with van der Waals surface area (Å²) >= 11 is 0. The van der Waals surface area contributed by atoms with Crippen molar-refractivity contribution in [2.24, 2.45) is 11.8 Å². The first kappa shape index (κ1) is 12.5. The molecule has 1 N–H and O–H groups in total. The lowest BCUT2D eigenvalue weighted by atomic mass is 9.97. The molecular formula is C12H24N2O. The summed E-state index contributed by atoms with van der Waals surface area (Å²) in [5.41, 5.74) is 0. The van der Waals surface area contributed by atoms with E-state index in [2.05, 4.69) is 19.2 Å². The quantitative estimate of drug-likeness (QED) is 0.700. The van der Waals surface area contributed by atoms with Crippen molar-refractivity contribution in [2.45, 2.75) is 33.1 Å². The summed E-state index contributed by atoms with van der Waals surface area (Å²) < 4.78 is 0. The molecule has 0 aromatic rings. The summed E-state index contributed by atoms with van der Waals surface area (Å²) in [6.45, 7) is 7.10. The first-order chi connectivity index (χ1) is 7.16. The molecular weight excluding hydrogens is 188 g/mol. The van der Waals surface area contributed by atoms with Gasteiger partial charge in [0.2, 0.25) is 5.91 Å². The fourth-order valence-corrected chi connectivity index (χ4v) is 2.13. The molecule has 0 radical (unpaired) electrons. The van der Waals surface area contributed by atoms with Crippen LogP contribution in [0.4, 0.5) is 0 Å². The van der Waals surface area contributed by atoms with Crippen molar-refractivity contribution in [2.75, 3.05) is 26.7 Å². The van der Waals surface area contributed by atoms with Crippen LogP contribution in [-0.2, 0) is 4.79 Å². The maximum atomic E-state index is 12.0. The van der Waals surface area contributed by atoms with E-state index in [0.29, 0.717) is 11.8 Å². The van der Waals surface area contributed by atoms with Crippen LogP contribution in [0.2, 0.25) is 0 Å². The molecule has 1 amide bonds. The van der Waals surface area contributed by atoms with Gasteiger partial charge in [0.25, 0.3) is 0 Å². The summed E-state index contributed by atoms with van der Waals surface area (Å²) in [6, 6.07) is 0. The molecule has 0 spiro atoms. The largest absolute Gasteiger partial charge is 0.345 e. The zero-order valence-electron chi connectivity index (χ0n) is 10.3. The van der Waals surface area contributed by atoms with E-state index in [1.165, 1.54) is 12.8 Å². The number of nitrogens with zero attached hydrogens (tertiary/aromatic N) is 1. The van der Waals surface area contributed by atoms with Crippen LogP contribution in [0.5, 0.6) is 0 Å². The zero-order chi connectivity index (χ0) is 11.3. The van der Waals surface area contributed by atoms with Crippen LogP contribution >= 0.6 is 0 Å². The minimum Gasteiger partial charge on any atom is -0.345 e. The third kappa shape index (κ3) is 3.49. The smallest absolute Gasteiger partial charge is 0.227 e. The van der Waals surface area contributed by atoms with Crippen LogP contribution in [0.15, 0.2) is 0 Å². The lowest BCUT2D eigenvalue weighted by Crippen LogP contribution is -2.36. The first-order valence-corrected chi connectivity index (χ1v) is 6.12. The lowest BCUT2D eigenvalue weighted by molar-refractivity contribution is -0.134. The van der Waals surface area contributed by atoms with Crippen LogP contribution in [-0.4, -0.2) is 37.5 Å². The van der Waals surface area contributed by atoms with Gasteiger partial charge in [-0.2, -0.15) is 0 Å². The third-order valence-electron chi connectivity index (χ3n) is 3.31. The molecule has 88 valence electrons. The molecule has 0 aliphatic carbocycles. The Morgan fingerprint density at radius 3 is 2.67 bits per heavy atom. The Balaban J connectivity index is 2.31. The highest BCUT2D eigenvalue weighted by Crippen LogP contribution is 2.18. The SMILES string of the molecule is CCCCCN(C)C(=O)[C@@H]1CNC[C@H]1C. The van der Waals surface area contributed by atoms with Crippen molar-refractivity contribution >= 4 is 5.91 Å². The van der Waals surface area contributed by atoms with Crippen molar-refractivity contribution in [3.8, 4) is 0 Å². The van der Waals surface area contributed by atoms with Crippen LogP contribution < -0.4 is 5.32 Å². The maximum absolute atomic E-state index is 12.0. The molecule has 1 heterocycles. The Labute approximate surface area is 93.2 Å². The van der Waals surface area contributed by atoms with E-state index in [1.807, 2.05) is 11.9 Å². The zero-order valence-corrected chi connectivity index (χ0v) is 10.3. The number of carbonyl (C=O) groups excluding carboxylic acids is 1. The maximum Gasteiger partial charge on any atom is 0.227 e. The molecule has 2 atom stereocenters. The van der Waals surface area contributed by atoms with E-state index in [9.17, 15) is 4.79 Å². The van der Waals surface area contributed by atoms with Crippen molar-refractivity contribution in [3.63, 3.8) is 0 Å². The van der Waals surface area contributed by atoms with Crippen LogP contribution in [0, 0.1) is 11.8 Å². The molecule has 1 fully saturated rings. The Morgan fingerprint density at radius 2 is 2.13 bits per heavy atom. The van der Waals surface area contributed by atoms with Gasteiger partial charge >= 0.3 is 0 Å². The molecule has 1 rings (SSSR count). The van der Waals surface area contributed by atoms with Gasteiger partial charge in [-0.1, -0.05) is 26.7 Å². The molecule has 15 heavy (non-hydrogen) atoms. The monoisotopic (exact) mass is 212 g/mol. The Morgan fingerprint density at radius 1 is 1.40 bits per heavy atom. The second-order valence-electron chi connectivity index (χ2n) is 4.71. The minimum absolute atomic E-state index is 0.205. The molecule has 0 aromatic carbocycles. The van der Waals surface area contributed by atoms with Gasteiger partial charge in [-0.05, 0) is 18.9 Å². The van der Waals surface area contributed by atoms with Gasteiger partial charge in [0.1, 0.15) is 0 Å². The number of unbranched alkanes of at least 4 members (excludes halogenated alkanes) is 2. The fraction of sp³-hybridized carbons (Fsp3) is 0.917. The normalized spacial score (nSPS) is 25.5. The number of hydrogen-bond acceptors (Lipinski definition) is 2. The number of amides is 1. The summed E-state index contributed by atoms with van der Waals surface area (Å²) in [4.78, 5) is 13.9. The summed E-state index contributed by atoms with van der Waals surface area (Å²) in [6.07, 6.45) is 3.56. The van der Waals surface area contributed by atoms with E-state index < -0.39 is 0 Å². The van der Waals surface area contributed by atoms with Gasteiger partial charge < -0.3 is 10.2 Å². The topological polar surface area (TPSA) is 32.3 Å². The standard InChI is InChI=1S/C12H24N2O/c1-4-5-6-7-14(3)12(15)11-9-13-8-10(11)2/h10-11,13H,4-9H2,1-3H3/t10-,11-/m1/s1. The lowest BCUT2D eigenvalue weighted by Gasteiger charge is -2.22. The second-order valence-corrected chi connectivity index (χ2v) is 4.71. The van der Waals surface area contributed by atoms with Crippen LogP contribution in [0.1, 0.15) is 33.1 Å². The second kappa shape index (κ2) is 6.11. The van der Waals surface area contributed by atoms with E-state index in [1.54, 1.807) is 0 Å². The molecule has 1 saturated heterocycles. The molecule has 0 saturated carbocycles. The molecule has 3 heteroatoms. The highest BCUT2D eigenvalue weighted by molar-refractivity contribution is 5.79. The molecule has 1 aliphatic rings. The van der Waals surface area contributed by atoms with Crippen LogP contribution in [0.3, 0.4) is 0 Å². The highest BCUT2D eigenvalue weighted by Gasteiger charge is 2.31. The first-order valence-electron chi connectivity index (χ1n) is 6.12. The van der Waals surface area contributed by atoms with E-state index in [-0.39, 0.29) is 5.92 Å². The molecule has 1 aliphatic heterocycles. The Kier molecular flexibility index (Phi) is 5.09. The Hall–Kier alpha value is -0.570. The third-order valence-corrected chi connectivity index (χ3v) is 3.31. The van der Waals surface area contributed by atoms with Gasteiger partial charge in [0.15, 0.2) is 0 Å². The van der Waals surface area contributed by atoms with Gasteiger partial charge in [0.05, 0.1) is 5.92 Å². The van der Waals surface area contributed by atoms with Gasteiger partial charge in [-0.15, -0.1) is 0 Å². The molecule has 0 aromatic heterocycles. The summed E-state index contributed by atoms with van der Waals surface area (Å²) in [7, 11) is 1.93. The number of rotatable bonds is 5. The van der Waals surface area contributed by atoms with Crippen LogP contribution in [0.25, 0.3) is 0 Å². The van der Waals surface area contributed by atoms with Gasteiger partial charge in [0, 0.05) is 20.1 Å². The highest BCUT2D eigenvalue weighted by atomic mass is 16.2. The van der Waals surface area contributed by atoms with E-state index in [4.69, 9.17) is 0 Å².